The van der Waals surface area contributed by atoms with Gasteiger partial charge in [-0.15, -0.1) is 6.58 Å². The van der Waals surface area contributed by atoms with E-state index in [9.17, 15) is 9.90 Å². The second-order valence-electron chi connectivity index (χ2n) is 2.60. The van der Waals surface area contributed by atoms with Gasteiger partial charge in [-0.2, -0.15) is 0 Å². The molecule has 1 heterocycles. The van der Waals surface area contributed by atoms with Crippen LogP contribution in [0, 0.1) is 0 Å². The summed E-state index contributed by atoms with van der Waals surface area (Å²) in [6, 6.07) is 0. The lowest BCUT2D eigenvalue weighted by atomic mass is 10.5. The number of carbonyl (C=O) groups is 1. The normalized spacial score (nSPS) is 18.5. The van der Waals surface area contributed by atoms with Crippen molar-refractivity contribution >= 4 is 5.97 Å². The lowest BCUT2D eigenvalue weighted by Crippen LogP contribution is -2.00. The molecular weight excluding hydrogens is 184 g/mol. The van der Waals surface area contributed by atoms with Gasteiger partial charge in [0, 0.05) is 6.08 Å². The highest BCUT2D eigenvalue weighted by atomic mass is 16.6. The van der Waals surface area contributed by atoms with Gasteiger partial charge in [-0.1, -0.05) is 12.2 Å². The van der Waals surface area contributed by atoms with E-state index in [0.717, 1.165) is 19.3 Å². The van der Waals surface area contributed by atoms with Gasteiger partial charge in [0.1, 0.15) is 6.10 Å². The van der Waals surface area contributed by atoms with Crippen LogP contribution in [0.1, 0.15) is 6.92 Å². The topological polar surface area (TPSA) is 58.7 Å². The van der Waals surface area contributed by atoms with Gasteiger partial charge in [0.2, 0.25) is 0 Å². The Kier molecular flexibility index (Phi) is 7.78. The molecule has 0 aromatic carbocycles. The fourth-order valence-corrected chi connectivity index (χ4v) is 0.583. The second-order valence-corrected chi connectivity index (χ2v) is 2.60. The maximum absolute atomic E-state index is 9.40. The smallest absolute Gasteiger partial charge is 0.375 e. The van der Waals surface area contributed by atoms with Crippen LogP contribution in [0.4, 0.5) is 0 Å². The molecular formula is C10H15O4. The molecule has 1 saturated heterocycles. The second kappa shape index (κ2) is 8.47. The van der Waals surface area contributed by atoms with Crippen molar-refractivity contribution < 1.29 is 19.4 Å². The zero-order valence-corrected chi connectivity index (χ0v) is 8.27. The monoisotopic (exact) mass is 199 g/mol. The minimum atomic E-state index is -1.14. The number of hydrogen-bond donors (Lipinski definition) is 0. The van der Waals surface area contributed by atoms with Crippen LogP contribution < -0.4 is 0 Å². The number of hydrogen-bond acceptors (Lipinski definition) is 3. The molecule has 4 nitrogen and oxygen atoms in total. The molecule has 0 spiro atoms. The first-order valence-corrected chi connectivity index (χ1v) is 4.34. The summed E-state index contributed by atoms with van der Waals surface area (Å²) in [6.45, 7) is 7.37. The maximum Gasteiger partial charge on any atom is 0.378 e. The predicted octanol–water partition coefficient (Wildman–Crippen LogP) is 1.11. The SMILES string of the molecule is C=CCOCC1CO1.CC=CC([O])=O. The van der Waals surface area contributed by atoms with Crippen LogP contribution in [0.25, 0.3) is 0 Å². The highest BCUT2D eigenvalue weighted by molar-refractivity contribution is 5.79. The standard InChI is InChI=1S/C6H10O2.C4H5O2/c1-2-3-7-4-6-5-8-6;1-2-3-4(5)6/h2,6H,1,3-5H2;2-3H,1H3. The average molecular weight is 199 g/mol. The van der Waals surface area contributed by atoms with Crippen LogP contribution in [0.15, 0.2) is 24.8 Å². The lowest BCUT2D eigenvalue weighted by Gasteiger charge is -1.92. The first-order chi connectivity index (χ1) is 6.70. The summed E-state index contributed by atoms with van der Waals surface area (Å²) >= 11 is 0. The summed E-state index contributed by atoms with van der Waals surface area (Å²) in [5, 5.41) is 9.40. The first-order valence-electron chi connectivity index (χ1n) is 4.34. The third kappa shape index (κ3) is 10.9. The molecule has 1 aliphatic heterocycles. The molecule has 1 radical (unpaired) electrons. The number of rotatable bonds is 5. The van der Waals surface area contributed by atoms with Crippen LogP contribution in [0.5, 0.6) is 0 Å². The third-order valence-corrected chi connectivity index (χ3v) is 1.24. The van der Waals surface area contributed by atoms with E-state index in [1.807, 2.05) is 0 Å². The van der Waals surface area contributed by atoms with Gasteiger partial charge in [-0.05, 0) is 6.92 Å². The Labute approximate surface area is 83.8 Å². The quantitative estimate of drug-likeness (QED) is 0.288. The van der Waals surface area contributed by atoms with Crippen molar-refractivity contribution in [3.05, 3.63) is 24.8 Å². The molecule has 0 N–H and O–H groups in total. The van der Waals surface area contributed by atoms with Gasteiger partial charge in [-0.25, -0.2) is 9.90 Å². The number of allylic oxidation sites excluding steroid dienone is 1. The van der Waals surface area contributed by atoms with E-state index in [0.29, 0.717) is 12.7 Å². The van der Waals surface area contributed by atoms with Gasteiger partial charge >= 0.3 is 5.97 Å². The number of carbonyl (C=O) groups excluding carboxylic acids is 1. The molecule has 0 amide bonds. The molecule has 79 valence electrons. The van der Waals surface area contributed by atoms with Crippen molar-refractivity contribution in [2.75, 3.05) is 19.8 Å². The molecule has 0 bridgehead atoms. The summed E-state index contributed by atoms with van der Waals surface area (Å²) < 4.78 is 9.96. The van der Waals surface area contributed by atoms with E-state index in [4.69, 9.17) is 9.47 Å². The van der Waals surface area contributed by atoms with Crippen molar-refractivity contribution in [3.63, 3.8) is 0 Å². The molecule has 0 aliphatic carbocycles. The Morgan fingerprint density at radius 2 is 2.36 bits per heavy atom. The van der Waals surface area contributed by atoms with Crippen LogP contribution in [-0.2, 0) is 19.4 Å². The van der Waals surface area contributed by atoms with Crippen molar-refractivity contribution in [2.45, 2.75) is 13.0 Å². The Morgan fingerprint density at radius 3 is 2.64 bits per heavy atom. The van der Waals surface area contributed by atoms with E-state index in [1.54, 1.807) is 13.0 Å². The summed E-state index contributed by atoms with van der Waals surface area (Å²) in [5.74, 6) is -1.14. The van der Waals surface area contributed by atoms with Gasteiger partial charge in [0.15, 0.2) is 0 Å². The minimum absolute atomic E-state index is 0.384. The van der Waals surface area contributed by atoms with Crippen LogP contribution in [0.3, 0.4) is 0 Å². The Hall–Kier alpha value is -1.13. The molecule has 0 saturated carbocycles. The van der Waals surface area contributed by atoms with E-state index < -0.39 is 5.97 Å². The Balaban J connectivity index is 0.000000255. The molecule has 1 fully saturated rings. The number of epoxide rings is 1. The fourth-order valence-electron chi connectivity index (χ4n) is 0.583. The van der Waals surface area contributed by atoms with Gasteiger partial charge in [0.25, 0.3) is 0 Å². The molecule has 4 heteroatoms. The zero-order chi connectivity index (χ0) is 10.8. The van der Waals surface area contributed by atoms with Crippen LogP contribution in [0.2, 0.25) is 0 Å². The highest BCUT2D eigenvalue weighted by Crippen LogP contribution is 2.07. The fraction of sp³-hybridized carbons (Fsp3) is 0.500. The number of ether oxygens (including phenoxy) is 2. The molecule has 1 atom stereocenters. The van der Waals surface area contributed by atoms with E-state index in [1.165, 1.54) is 6.08 Å². The molecule has 0 aromatic heterocycles. The Morgan fingerprint density at radius 1 is 1.71 bits per heavy atom. The summed E-state index contributed by atoms with van der Waals surface area (Å²) in [5.41, 5.74) is 0. The highest BCUT2D eigenvalue weighted by Gasteiger charge is 2.21. The van der Waals surface area contributed by atoms with Crippen molar-refractivity contribution in [2.24, 2.45) is 0 Å². The zero-order valence-electron chi connectivity index (χ0n) is 8.27. The summed E-state index contributed by atoms with van der Waals surface area (Å²) in [4.78, 5) is 9.40. The molecule has 0 aromatic rings. The largest absolute Gasteiger partial charge is 0.378 e. The first kappa shape index (κ1) is 12.9. The molecule has 1 unspecified atom stereocenters. The van der Waals surface area contributed by atoms with Crippen LogP contribution >= 0.6 is 0 Å². The van der Waals surface area contributed by atoms with Gasteiger partial charge in [-0.3, -0.25) is 0 Å². The van der Waals surface area contributed by atoms with Crippen molar-refractivity contribution in [3.8, 4) is 0 Å². The third-order valence-electron chi connectivity index (χ3n) is 1.24. The minimum Gasteiger partial charge on any atom is -0.375 e. The predicted molar refractivity (Wildman–Crippen MR) is 51.3 cm³/mol. The van der Waals surface area contributed by atoms with Gasteiger partial charge in [0.05, 0.1) is 19.8 Å². The maximum atomic E-state index is 9.40. The van der Waals surface area contributed by atoms with E-state index in [2.05, 4.69) is 6.58 Å². The summed E-state index contributed by atoms with van der Waals surface area (Å²) in [6.07, 6.45) is 4.51. The van der Waals surface area contributed by atoms with E-state index in [-0.39, 0.29) is 0 Å². The molecule has 1 aliphatic rings. The van der Waals surface area contributed by atoms with Crippen molar-refractivity contribution in [1.82, 2.24) is 0 Å². The summed E-state index contributed by atoms with van der Waals surface area (Å²) in [7, 11) is 0. The van der Waals surface area contributed by atoms with Crippen molar-refractivity contribution in [1.29, 1.82) is 0 Å². The lowest BCUT2D eigenvalue weighted by molar-refractivity contribution is -0.137. The average Bonchev–Trinajstić information content (AvgIpc) is 2.89. The molecule has 1 rings (SSSR count). The van der Waals surface area contributed by atoms with Gasteiger partial charge < -0.3 is 9.47 Å². The van der Waals surface area contributed by atoms with E-state index >= 15 is 0 Å². The Bertz CT molecular complexity index is 194. The van der Waals surface area contributed by atoms with Crippen LogP contribution in [-0.4, -0.2) is 31.9 Å². The molecule has 14 heavy (non-hydrogen) atoms.